The molecule has 2 aromatic heterocycles. The van der Waals surface area contributed by atoms with Crippen LogP contribution in [0.15, 0.2) is 47.7 Å². The zero-order valence-corrected chi connectivity index (χ0v) is 16.4. The number of hydrogen-bond acceptors (Lipinski definition) is 7. The van der Waals surface area contributed by atoms with Crippen LogP contribution in [0.3, 0.4) is 0 Å². The number of urea groups is 1. The molecule has 9 heteroatoms. The van der Waals surface area contributed by atoms with Gasteiger partial charge in [0.1, 0.15) is 17.7 Å². The van der Waals surface area contributed by atoms with Crippen molar-refractivity contribution >= 4 is 23.6 Å². The van der Waals surface area contributed by atoms with E-state index in [2.05, 4.69) is 25.6 Å². The Kier molecular flexibility index (Phi) is 5.11. The van der Waals surface area contributed by atoms with E-state index < -0.39 is 12.2 Å². The van der Waals surface area contributed by atoms with Crippen LogP contribution >= 0.6 is 0 Å². The highest BCUT2D eigenvalue weighted by atomic mass is 16.2. The van der Waals surface area contributed by atoms with Crippen molar-refractivity contribution in [2.45, 2.75) is 32.6 Å². The van der Waals surface area contributed by atoms with Crippen molar-refractivity contribution in [1.82, 2.24) is 25.1 Å². The van der Waals surface area contributed by atoms with Crippen molar-refractivity contribution in [3.8, 4) is 0 Å². The summed E-state index contributed by atoms with van der Waals surface area (Å²) >= 11 is 0. The molecule has 0 aliphatic carbocycles. The van der Waals surface area contributed by atoms with E-state index in [1.54, 1.807) is 24.2 Å². The molecule has 2 aromatic rings. The molecule has 4 heterocycles. The van der Waals surface area contributed by atoms with Gasteiger partial charge >= 0.3 is 6.03 Å². The summed E-state index contributed by atoms with van der Waals surface area (Å²) in [6.45, 7) is 5.08. The van der Waals surface area contributed by atoms with E-state index in [4.69, 9.17) is 0 Å². The van der Waals surface area contributed by atoms with Gasteiger partial charge < -0.3 is 10.6 Å². The van der Waals surface area contributed by atoms with Gasteiger partial charge in [0.2, 0.25) is 0 Å². The zero-order valence-electron chi connectivity index (χ0n) is 16.4. The van der Waals surface area contributed by atoms with Gasteiger partial charge in [-0.1, -0.05) is 6.07 Å². The second-order valence-electron chi connectivity index (χ2n) is 6.77. The average molecular weight is 393 g/mol. The average Bonchev–Trinajstić information content (AvgIpc) is 3.19. The van der Waals surface area contributed by atoms with Crippen LogP contribution in [0.1, 0.15) is 25.1 Å². The molecule has 0 aromatic carbocycles. The van der Waals surface area contributed by atoms with Crippen molar-refractivity contribution in [2.24, 2.45) is 4.99 Å². The summed E-state index contributed by atoms with van der Waals surface area (Å²) < 4.78 is 0. The predicted molar refractivity (Wildman–Crippen MR) is 108 cm³/mol. The lowest BCUT2D eigenvalue weighted by Crippen LogP contribution is -2.65. The monoisotopic (exact) mass is 393 g/mol. The summed E-state index contributed by atoms with van der Waals surface area (Å²) in [4.78, 5) is 41.4. The highest BCUT2D eigenvalue weighted by Crippen LogP contribution is 2.24. The van der Waals surface area contributed by atoms with Crippen LogP contribution in [0.4, 0.5) is 10.6 Å². The fourth-order valence-corrected chi connectivity index (χ4v) is 3.53. The van der Waals surface area contributed by atoms with Crippen molar-refractivity contribution in [3.63, 3.8) is 0 Å². The van der Waals surface area contributed by atoms with Gasteiger partial charge in [-0.25, -0.2) is 14.8 Å². The van der Waals surface area contributed by atoms with Crippen LogP contribution < -0.4 is 10.6 Å². The first kappa shape index (κ1) is 18.9. The van der Waals surface area contributed by atoms with E-state index in [9.17, 15) is 9.59 Å². The number of aliphatic imine (C=N–C) groups is 1. The standard InChI is InChI=1S/C20H23N7O2/c1-3-26-18-16(19(28)27(4-2)20(26)29)24-17(25-18)13-8-9-15(22-11-13)23-12-14-7-5-6-10-21-14/h5-11,16,18H,3-4,12H2,1-2H3,(H,22,23)(H,24,25). The predicted octanol–water partition coefficient (Wildman–Crippen LogP) is 1.44. The number of pyridine rings is 2. The van der Waals surface area contributed by atoms with Crippen molar-refractivity contribution in [3.05, 3.63) is 54.0 Å². The molecule has 0 radical (unpaired) electrons. The smallest absolute Gasteiger partial charge is 0.328 e. The van der Waals surface area contributed by atoms with Gasteiger partial charge in [0.25, 0.3) is 5.91 Å². The Bertz CT molecular complexity index is 930. The Morgan fingerprint density at radius 1 is 1.10 bits per heavy atom. The molecule has 9 nitrogen and oxygen atoms in total. The van der Waals surface area contributed by atoms with Crippen LogP contribution in [0.25, 0.3) is 0 Å². The summed E-state index contributed by atoms with van der Waals surface area (Å²) in [5.41, 5.74) is 1.69. The van der Waals surface area contributed by atoms with Gasteiger partial charge in [0.05, 0.1) is 12.2 Å². The first-order chi connectivity index (χ1) is 14.1. The number of anilines is 1. The lowest BCUT2D eigenvalue weighted by molar-refractivity contribution is -0.134. The van der Waals surface area contributed by atoms with E-state index in [0.29, 0.717) is 31.3 Å². The molecule has 0 spiro atoms. The van der Waals surface area contributed by atoms with Crippen molar-refractivity contribution < 1.29 is 9.59 Å². The molecule has 2 N–H and O–H groups in total. The molecule has 2 atom stereocenters. The molecule has 0 saturated carbocycles. The van der Waals surface area contributed by atoms with E-state index in [1.807, 2.05) is 37.3 Å². The number of likely N-dealkylation sites (N-methyl/N-ethyl adjacent to an activating group) is 2. The van der Waals surface area contributed by atoms with Crippen molar-refractivity contribution in [2.75, 3.05) is 18.4 Å². The molecular formula is C20H23N7O2. The maximum Gasteiger partial charge on any atom is 0.328 e. The van der Waals surface area contributed by atoms with Gasteiger partial charge in [0.15, 0.2) is 6.17 Å². The molecule has 2 aliphatic rings. The lowest BCUT2D eigenvalue weighted by atomic mass is 10.1. The molecule has 2 unspecified atom stereocenters. The summed E-state index contributed by atoms with van der Waals surface area (Å²) in [6.07, 6.45) is 2.92. The maximum absolute atomic E-state index is 12.7. The number of nitrogens with one attached hydrogen (secondary N) is 2. The summed E-state index contributed by atoms with van der Waals surface area (Å²) in [6, 6.07) is 8.64. The minimum absolute atomic E-state index is 0.243. The van der Waals surface area contributed by atoms with Crippen LogP contribution in [0.5, 0.6) is 0 Å². The van der Waals surface area contributed by atoms with Crippen LogP contribution in [0.2, 0.25) is 0 Å². The number of hydrogen-bond donors (Lipinski definition) is 2. The molecular weight excluding hydrogens is 370 g/mol. The molecule has 1 saturated heterocycles. The van der Waals surface area contributed by atoms with Crippen LogP contribution in [0, 0.1) is 0 Å². The SMILES string of the molecule is CCN1C(=O)C2NC(c3ccc(NCc4ccccn4)nc3)=NC2N(CC)C1=O. The number of amides is 3. The quantitative estimate of drug-likeness (QED) is 0.770. The zero-order chi connectivity index (χ0) is 20.4. The molecule has 4 rings (SSSR count). The van der Waals surface area contributed by atoms with Gasteiger partial charge in [-0.3, -0.25) is 19.6 Å². The van der Waals surface area contributed by atoms with Crippen LogP contribution in [-0.2, 0) is 11.3 Å². The van der Waals surface area contributed by atoms with Gasteiger partial charge in [-0.05, 0) is 38.1 Å². The number of fused-ring (bicyclic) bond motifs is 1. The van der Waals surface area contributed by atoms with Crippen molar-refractivity contribution in [1.29, 1.82) is 0 Å². The van der Waals surface area contributed by atoms with Gasteiger partial charge in [-0.2, -0.15) is 0 Å². The van der Waals surface area contributed by atoms with Crippen LogP contribution in [-0.4, -0.2) is 62.8 Å². The summed E-state index contributed by atoms with van der Waals surface area (Å²) in [7, 11) is 0. The maximum atomic E-state index is 12.7. The third-order valence-corrected chi connectivity index (χ3v) is 5.05. The summed E-state index contributed by atoms with van der Waals surface area (Å²) in [5.74, 6) is 1.04. The Morgan fingerprint density at radius 3 is 2.62 bits per heavy atom. The molecule has 150 valence electrons. The second kappa shape index (κ2) is 7.86. The number of carbonyl (C=O) groups excluding carboxylic acids is 2. The number of rotatable bonds is 6. The first-order valence-electron chi connectivity index (χ1n) is 9.69. The number of carbonyl (C=O) groups is 2. The Balaban J connectivity index is 1.48. The minimum atomic E-state index is -0.565. The minimum Gasteiger partial charge on any atom is -0.364 e. The van der Waals surface area contributed by atoms with E-state index >= 15 is 0 Å². The fourth-order valence-electron chi connectivity index (χ4n) is 3.53. The number of imide groups is 1. The molecule has 29 heavy (non-hydrogen) atoms. The number of aromatic nitrogens is 2. The largest absolute Gasteiger partial charge is 0.364 e. The third kappa shape index (κ3) is 3.51. The van der Waals surface area contributed by atoms with Gasteiger partial charge in [0, 0.05) is 31.0 Å². The van der Waals surface area contributed by atoms with E-state index in [-0.39, 0.29) is 11.9 Å². The fraction of sp³-hybridized carbons (Fsp3) is 0.350. The highest BCUT2D eigenvalue weighted by Gasteiger charge is 2.48. The normalized spacial score (nSPS) is 21.0. The Hall–Kier alpha value is -3.49. The van der Waals surface area contributed by atoms with Gasteiger partial charge in [-0.15, -0.1) is 0 Å². The second-order valence-corrected chi connectivity index (χ2v) is 6.77. The summed E-state index contributed by atoms with van der Waals surface area (Å²) in [5, 5.41) is 6.40. The van der Waals surface area contributed by atoms with E-state index in [1.165, 1.54) is 4.90 Å². The number of amidine groups is 1. The molecule has 0 bridgehead atoms. The van der Waals surface area contributed by atoms with E-state index in [0.717, 1.165) is 11.3 Å². The third-order valence-electron chi connectivity index (χ3n) is 5.05. The molecule has 1 fully saturated rings. The topological polar surface area (TPSA) is 103 Å². The molecule has 2 aliphatic heterocycles. The lowest BCUT2D eigenvalue weighted by Gasteiger charge is -2.39. The number of nitrogens with zero attached hydrogens (tertiary/aromatic N) is 5. The Labute approximate surface area is 168 Å². The Morgan fingerprint density at radius 2 is 1.97 bits per heavy atom. The molecule has 3 amide bonds. The highest BCUT2D eigenvalue weighted by molar-refractivity contribution is 6.08. The first-order valence-corrected chi connectivity index (χ1v) is 9.69.